The van der Waals surface area contributed by atoms with Gasteiger partial charge < -0.3 is 20.7 Å². The molecule has 2 aromatic heterocycles. The second-order valence-corrected chi connectivity index (χ2v) is 13.2. The Bertz CT molecular complexity index is 1610. The molecule has 1 aromatic carbocycles. The number of fused-ring (bicyclic) bond motifs is 3. The molecule has 3 atom stereocenters. The lowest BCUT2D eigenvalue weighted by molar-refractivity contribution is -0.137. The van der Waals surface area contributed by atoms with Gasteiger partial charge in [-0.25, -0.2) is 13.8 Å². The first-order valence-electron chi connectivity index (χ1n) is 14.9. The number of nitrogens with two attached hydrogens (primary N) is 1. The SMILES string of the molecule is Cc1cc(N)nc(-c2c(Cl)cc3c(N4CC5CCC(C4)N5)nc(OCC4(CN5CC[C@@H](F)C5)CC4)nc3c2F)c1C(F)(F)F. The lowest BCUT2D eigenvalue weighted by Crippen LogP contribution is -2.51. The molecule has 3 saturated heterocycles. The lowest BCUT2D eigenvalue weighted by Gasteiger charge is -2.34. The Hall–Kier alpha value is -3.03. The number of nitrogens with zero attached hydrogens (tertiary/aromatic N) is 5. The minimum Gasteiger partial charge on any atom is -0.463 e. The van der Waals surface area contributed by atoms with Gasteiger partial charge in [-0.1, -0.05) is 11.6 Å². The fourth-order valence-electron chi connectivity index (χ4n) is 7.04. The smallest absolute Gasteiger partial charge is 0.418 e. The molecule has 3 aliphatic heterocycles. The van der Waals surface area contributed by atoms with Gasteiger partial charge in [0.1, 0.15) is 23.3 Å². The van der Waals surface area contributed by atoms with Crippen LogP contribution in [0.15, 0.2) is 12.1 Å². The Morgan fingerprint density at radius 3 is 2.45 bits per heavy atom. The van der Waals surface area contributed by atoms with Gasteiger partial charge in [0.05, 0.1) is 28.5 Å². The van der Waals surface area contributed by atoms with Crippen molar-refractivity contribution in [2.75, 3.05) is 50.0 Å². The van der Waals surface area contributed by atoms with Gasteiger partial charge in [0.25, 0.3) is 0 Å². The van der Waals surface area contributed by atoms with E-state index in [-0.39, 0.29) is 57.4 Å². The number of anilines is 2. The van der Waals surface area contributed by atoms with Gasteiger partial charge >= 0.3 is 12.2 Å². The van der Waals surface area contributed by atoms with Crippen LogP contribution in [-0.2, 0) is 6.18 Å². The van der Waals surface area contributed by atoms with Crippen molar-refractivity contribution in [3.63, 3.8) is 0 Å². The van der Waals surface area contributed by atoms with Crippen LogP contribution in [0.2, 0.25) is 5.02 Å². The van der Waals surface area contributed by atoms with Crippen LogP contribution in [0.5, 0.6) is 6.01 Å². The third-order valence-electron chi connectivity index (χ3n) is 9.35. The predicted molar refractivity (Wildman–Crippen MR) is 157 cm³/mol. The number of piperazine rings is 1. The van der Waals surface area contributed by atoms with E-state index in [1.54, 1.807) is 0 Å². The first-order valence-corrected chi connectivity index (χ1v) is 15.3. The summed E-state index contributed by atoms with van der Waals surface area (Å²) in [6.07, 6.45) is -1.37. The van der Waals surface area contributed by atoms with Crippen molar-refractivity contribution in [3.8, 4) is 17.3 Å². The summed E-state index contributed by atoms with van der Waals surface area (Å²) in [4.78, 5) is 17.1. The maximum absolute atomic E-state index is 16.6. The van der Waals surface area contributed by atoms with Gasteiger partial charge in [-0.3, -0.25) is 4.90 Å². The molecule has 14 heteroatoms. The summed E-state index contributed by atoms with van der Waals surface area (Å²) in [5.41, 5.74) is 2.88. The molecule has 2 unspecified atom stereocenters. The van der Waals surface area contributed by atoms with Crippen molar-refractivity contribution in [2.24, 2.45) is 5.41 Å². The van der Waals surface area contributed by atoms with Crippen LogP contribution >= 0.6 is 11.6 Å². The van der Waals surface area contributed by atoms with Gasteiger partial charge in [0.15, 0.2) is 5.82 Å². The molecule has 8 nitrogen and oxygen atoms in total. The van der Waals surface area contributed by atoms with Crippen LogP contribution in [0, 0.1) is 18.2 Å². The van der Waals surface area contributed by atoms with E-state index in [1.807, 2.05) is 4.90 Å². The van der Waals surface area contributed by atoms with Gasteiger partial charge in [-0.2, -0.15) is 23.1 Å². The lowest BCUT2D eigenvalue weighted by atomic mass is 9.99. The van der Waals surface area contributed by atoms with E-state index in [0.717, 1.165) is 31.7 Å². The monoisotopic (exact) mass is 637 g/mol. The number of halogens is 6. The quantitative estimate of drug-likeness (QED) is 0.327. The number of benzene rings is 1. The molecule has 2 bridgehead atoms. The molecule has 4 fully saturated rings. The molecule has 1 saturated carbocycles. The van der Waals surface area contributed by atoms with Gasteiger partial charge in [0.2, 0.25) is 0 Å². The molecule has 1 aliphatic carbocycles. The third kappa shape index (κ3) is 5.51. The number of hydrogen-bond acceptors (Lipinski definition) is 8. The minimum absolute atomic E-state index is 0.0747. The molecule has 3 aromatic rings. The van der Waals surface area contributed by atoms with Crippen LogP contribution in [-0.4, -0.2) is 77.4 Å². The summed E-state index contributed by atoms with van der Waals surface area (Å²) < 4.78 is 79.1. The molecule has 3 N–H and O–H groups in total. The van der Waals surface area contributed by atoms with Gasteiger partial charge in [-0.05, 0) is 56.7 Å². The van der Waals surface area contributed by atoms with E-state index in [4.69, 9.17) is 27.1 Å². The number of pyridine rings is 1. The Labute approximate surface area is 256 Å². The standard InChI is InChI=1S/C30H33ClF5N7O/c1-15-8-21(37)39-26(23(15)30(34,35)36)22-20(31)9-19-25(24(22)33)40-28(41-27(19)43-11-17-2-3-18(12-43)38-17)44-14-29(5-6-29)13-42-7-4-16(32)10-42/h8-9,16-18,38H,2-7,10-14H2,1H3,(H2,37,39)/t16-,17?,18?/m1/s1. The number of nitrogen functional groups attached to an aromatic ring is 1. The van der Waals surface area contributed by atoms with E-state index >= 15 is 4.39 Å². The first-order chi connectivity index (χ1) is 20.9. The van der Waals surface area contributed by atoms with Crippen molar-refractivity contribution < 1.29 is 26.7 Å². The number of rotatable bonds is 7. The summed E-state index contributed by atoms with van der Waals surface area (Å²) in [5, 5.41) is 3.56. The van der Waals surface area contributed by atoms with Gasteiger partial charge in [0, 0.05) is 55.6 Å². The second kappa shape index (κ2) is 10.8. The zero-order valence-corrected chi connectivity index (χ0v) is 24.9. The Morgan fingerprint density at radius 1 is 1.09 bits per heavy atom. The highest BCUT2D eigenvalue weighted by atomic mass is 35.5. The average Bonchev–Trinajstić information content (AvgIpc) is 3.46. The fraction of sp³-hybridized carbons (Fsp3) is 0.567. The number of hydrogen-bond donors (Lipinski definition) is 2. The largest absolute Gasteiger partial charge is 0.463 e. The van der Waals surface area contributed by atoms with Crippen LogP contribution < -0.4 is 20.7 Å². The van der Waals surface area contributed by atoms with Crippen molar-refractivity contribution in [1.82, 2.24) is 25.2 Å². The van der Waals surface area contributed by atoms with E-state index in [9.17, 15) is 17.6 Å². The Kier molecular flexibility index (Phi) is 7.28. The highest BCUT2D eigenvalue weighted by molar-refractivity contribution is 6.34. The number of aryl methyl sites for hydroxylation is 1. The summed E-state index contributed by atoms with van der Waals surface area (Å²) >= 11 is 6.57. The van der Waals surface area contributed by atoms with Crippen LogP contribution in [0.4, 0.5) is 33.6 Å². The molecule has 236 valence electrons. The van der Waals surface area contributed by atoms with Crippen molar-refractivity contribution in [3.05, 3.63) is 34.1 Å². The van der Waals surface area contributed by atoms with Crippen molar-refractivity contribution in [2.45, 2.75) is 63.5 Å². The molecule has 5 heterocycles. The van der Waals surface area contributed by atoms with E-state index in [1.165, 1.54) is 13.0 Å². The number of aromatic nitrogens is 3. The Balaban J connectivity index is 1.32. The Morgan fingerprint density at radius 2 is 1.82 bits per heavy atom. The number of nitrogens with one attached hydrogen (secondary N) is 1. The maximum Gasteiger partial charge on any atom is 0.418 e. The molecule has 0 spiro atoms. The normalized spacial score (nSPS) is 24.8. The van der Waals surface area contributed by atoms with Crippen LogP contribution in [0.25, 0.3) is 22.2 Å². The summed E-state index contributed by atoms with van der Waals surface area (Å²) in [5.74, 6) is -0.848. The molecule has 0 amide bonds. The second-order valence-electron chi connectivity index (χ2n) is 12.8. The number of ether oxygens (including phenoxy) is 1. The third-order valence-corrected chi connectivity index (χ3v) is 9.65. The van der Waals surface area contributed by atoms with Crippen molar-refractivity contribution >= 4 is 34.1 Å². The topological polar surface area (TPSA) is 92.4 Å². The molecule has 0 radical (unpaired) electrons. The summed E-state index contributed by atoms with van der Waals surface area (Å²) in [6, 6.07) is 2.88. The van der Waals surface area contributed by atoms with Gasteiger partial charge in [-0.15, -0.1) is 0 Å². The number of likely N-dealkylation sites (tertiary alicyclic amines) is 1. The van der Waals surface area contributed by atoms with E-state index in [2.05, 4.69) is 20.2 Å². The highest BCUT2D eigenvalue weighted by Crippen LogP contribution is 2.48. The molecular formula is C30H33ClF5N7O. The fourth-order valence-corrected chi connectivity index (χ4v) is 7.32. The molecule has 4 aliphatic rings. The van der Waals surface area contributed by atoms with E-state index in [0.29, 0.717) is 45.0 Å². The average molecular weight is 638 g/mol. The highest BCUT2D eigenvalue weighted by Gasteiger charge is 2.46. The maximum atomic E-state index is 16.6. The number of alkyl halides is 4. The molecule has 44 heavy (non-hydrogen) atoms. The predicted octanol–water partition coefficient (Wildman–Crippen LogP) is 5.54. The minimum atomic E-state index is -4.84. The van der Waals surface area contributed by atoms with Crippen molar-refractivity contribution in [1.29, 1.82) is 0 Å². The van der Waals surface area contributed by atoms with E-state index < -0.39 is 35.0 Å². The summed E-state index contributed by atoms with van der Waals surface area (Å²) in [6.45, 7) is 4.50. The molecule has 7 rings (SSSR count). The van der Waals surface area contributed by atoms with Crippen LogP contribution in [0.3, 0.4) is 0 Å². The zero-order valence-electron chi connectivity index (χ0n) is 24.2. The zero-order chi connectivity index (χ0) is 31.0. The van der Waals surface area contributed by atoms with Crippen LogP contribution in [0.1, 0.15) is 43.2 Å². The summed E-state index contributed by atoms with van der Waals surface area (Å²) in [7, 11) is 0. The first kappa shape index (κ1) is 29.7. The molecular weight excluding hydrogens is 605 g/mol.